The van der Waals surface area contributed by atoms with Crippen LogP contribution in [0.3, 0.4) is 0 Å². The zero-order valence-electron chi connectivity index (χ0n) is 17.3. The van der Waals surface area contributed by atoms with E-state index in [0.717, 1.165) is 22.7 Å². The molecule has 1 aromatic heterocycles. The van der Waals surface area contributed by atoms with Crippen LogP contribution < -0.4 is 31.6 Å². The average Bonchev–Trinajstić information content (AvgIpc) is 3.16. The van der Waals surface area contributed by atoms with E-state index < -0.39 is 6.03 Å². The van der Waals surface area contributed by atoms with E-state index in [-0.39, 0.29) is 6.61 Å². The molecule has 0 saturated heterocycles. The van der Waals surface area contributed by atoms with Crippen LogP contribution in [0.25, 0.3) is 11.3 Å². The first kappa shape index (κ1) is 21.2. The van der Waals surface area contributed by atoms with Gasteiger partial charge in [-0.05, 0) is 24.1 Å². The van der Waals surface area contributed by atoms with Crippen molar-refractivity contribution in [2.75, 3.05) is 12.1 Å². The van der Waals surface area contributed by atoms with E-state index in [0.29, 0.717) is 22.9 Å². The van der Waals surface area contributed by atoms with E-state index in [1.807, 2.05) is 36.7 Å². The summed E-state index contributed by atoms with van der Waals surface area (Å²) in [5.41, 5.74) is 6.12. The number of nitrogens with one attached hydrogen (secondary N) is 1. The van der Waals surface area contributed by atoms with Crippen LogP contribution in [-0.2, 0) is 20.1 Å². The molecular weight excluding hydrogens is 384 g/mol. The molecule has 2 aromatic carbocycles. The highest BCUT2D eigenvalue weighted by atomic mass is 16.5. The molecule has 9 heteroatoms. The molecule has 0 aliphatic carbocycles. The number of hydrogen-bond acceptors (Lipinski definition) is 6. The average molecular weight is 410 g/mol. The number of carbonyl (C=O) groups is 1. The lowest BCUT2D eigenvalue weighted by molar-refractivity contribution is 0.246. The summed E-state index contributed by atoms with van der Waals surface area (Å²) in [6, 6.07) is 14.5. The minimum absolute atomic E-state index is 0.110. The van der Waals surface area contributed by atoms with Gasteiger partial charge in [-0.1, -0.05) is 37.3 Å². The fourth-order valence-corrected chi connectivity index (χ4v) is 3.24. The number of anilines is 1. The van der Waals surface area contributed by atoms with Gasteiger partial charge in [-0.2, -0.15) is 5.10 Å². The van der Waals surface area contributed by atoms with Crippen LogP contribution in [0.5, 0.6) is 11.6 Å². The zero-order chi connectivity index (χ0) is 21.7. The summed E-state index contributed by atoms with van der Waals surface area (Å²) >= 11 is 0. The maximum Gasteiger partial charge on any atom is 0.350 e. The summed E-state index contributed by atoms with van der Waals surface area (Å²) in [4.78, 5) is 11.9. The number of urea groups is 1. The van der Waals surface area contributed by atoms with Gasteiger partial charge in [0.25, 0.3) is 0 Å². The number of aromatic nitrogens is 2. The number of hydrogen-bond donors (Lipinski definition) is 3. The lowest BCUT2D eigenvalue weighted by atomic mass is 10.0. The number of hydrazine groups is 2. The van der Waals surface area contributed by atoms with Crippen LogP contribution in [0.4, 0.5) is 10.5 Å². The normalized spacial score (nSPS) is 10.6. The molecule has 0 radical (unpaired) electrons. The van der Waals surface area contributed by atoms with Crippen molar-refractivity contribution >= 4 is 11.7 Å². The molecule has 0 bridgehead atoms. The highest BCUT2D eigenvalue weighted by Crippen LogP contribution is 2.31. The number of carbonyl (C=O) groups excluding carboxylic acids is 1. The van der Waals surface area contributed by atoms with Crippen molar-refractivity contribution in [1.29, 1.82) is 0 Å². The van der Waals surface area contributed by atoms with Gasteiger partial charge in [0.05, 0.1) is 24.1 Å². The Kier molecular flexibility index (Phi) is 6.55. The zero-order valence-corrected chi connectivity index (χ0v) is 17.3. The highest BCUT2D eigenvalue weighted by Gasteiger charge is 2.19. The Morgan fingerprint density at radius 1 is 1.23 bits per heavy atom. The quantitative estimate of drug-likeness (QED) is 0.313. The fraction of sp³-hybridized carbons (Fsp3) is 0.238. The third-order valence-corrected chi connectivity index (χ3v) is 4.81. The summed E-state index contributed by atoms with van der Waals surface area (Å²) < 4.78 is 13.1. The van der Waals surface area contributed by atoms with Crippen molar-refractivity contribution in [3.63, 3.8) is 0 Å². The van der Waals surface area contributed by atoms with Crippen molar-refractivity contribution in [2.45, 2.75) is 20.0 Å². The number of rotatable bonds is 7. The van der Waals surface area contributed by atoms with Gasteiger partial charge in [-0.3, -0.25) is 5.43 Å². The molecule has 2 amide bonds. The second-order valence-corrected chi connectivity index (χ2v) is 6.57. The first-order valence-corrected chi connectivity index (χ1v) is 9.46. The topological polar surface area (TPSA) is 121 Å². The molecule has 3 rings (SSSR count). The Morgan fingerprint density at radius 2 is 2.00 bits per heavy atom. The van der Waals surface area contributed by atoms with Crippen molar-refractivity contribution in [2.24, 2.45) is 18.7 Å². The van der Waals surface area contributed by atoms with E-state index in [1.165, 1.54) is 12.7 Å². The molecule has 3 aromatic rings. The number of nitrogens with zero attached hydrogens (tertiary/aromatic N) is 3. The number of benzene rings is 2. The van der Waals surface area contributed by atoms with Gasteiger partial charge in [0.1, 0.15) is 12.4 Å². The van der Waals surface area contributed by atoms with Crippen LogP contribution in [-0.4, -0.2) is 22.9 Å². The summed E-state index contributed by atoms with van der Waals surface area (Å²) in [6.07, 6.45) is 0.906. The van der Waals surface area contributed by atoms with Crippen LogP contribution in [0.2, 0.25) is 0 Å². The van der Waals surface area contributed by atoms with Gasteiger partial charge in [0.2, 0.25) is 5.88 Å². The first-order chi connectivity index (χ1) is 14.5. The van der Waals surface area contributed by atoms with Gasteiger partial charge in [0, 0.05) is 18.7 Å². The molecule has 5 N–H and O–H groups in total. The lowest BCUT2D eigenvalue weighted by Crippen LogP contribution is -2.48. The number of methoxy groups -OCH3 is 1. The Bertz CT molecular complexity index is 1030. The summed E-state index contributed by atoms with van der Waals surface area (Å²) in [6.45, 7) is 2.22. The molecule has 9 nitrogen and oxygen atoms in total. The van der Waals surface area contributed by atoms with E-state index >= 15 is 0 Å². The number of aryl methyl sites for hydroxylation is 2. The summed E-state index contributed by atoms with van der Waals surface area (Å²) in [5.74, 6) is 12.2. The van der Waals surface area contributed by atoms with Crippen molar-refractivity contribution in [3.05, 3.63) is 59.7 Å². The molecule has 0 saturated carbocycles. The van der Waals surface area contributed by atoms with Crippen molar-refractivity contribution in [3.8, 4) is 22.9 Å². The highest BCUT2D eigenvalue weighted by molar-refractivity contribution is 5.91. The van der Waals surface area contributed by atoms with Gasteiger partial charge < -0.3 is 9.47 Å². The first-order valence-electron chi connectivity index (χ1n) is 9.46. The predicted molar refractivity (Wildman–Crippen MR) is 115 cm³/mol. The van der Waals surface area contributed by atoms with Crippen LogP contribution in [0.15, 0.2) is 48.5 Å². The molecule has 0 unspecified atom stereocenters. The third kappa shape index (κ3) is 4.22. The Hall–Kier alpha value is -3.56. The van der Waals surface area contributed by atoms with Crippen LogP contribution in [0, 0.1) is 0 Å². The maximum absolute atomic E-state index is 11.9. The number of nitrogens with two attached hydrogens (primary N) is 2. The molecule has 30 heavy (non-hydrogen) atoms. The smallest absolute Gasteiger partial charge is 0.350 e. The van der Waals surface area contributed by atoms with E-state index in [2.05, 4.69) is 18.1 Å². The minimum atomic E-state index is -0.663. The van der Waals surface area contributed by atoms with Gasteiger partial charge in [-0.25, -0.2) is 26.2 Å². The fourth-order valence-electron chi connectivity index (χ4n) is 3.24. The van der Waals surface area contributed by atoms with Gasteiger partial charge in [0.15, 0.2) is 0 Å². The molecular formula is C21H26N6O3. The Balaban J connectivity index is 1.89. The minimum Gasteiger partial charge on any atom is -0.496 e. The molecule has 158 valence electrons. The molecule has 0 spiro atoms. The summed E-state index contributed by atoms with van der Waals surface area (Å²) in [7, 11) is 3.35. The lowest BCUT2D eigenvalue weighted by Gasteiger charge is -2.21. The second-order valence-electron chi connectivity index (χ2n) is 6.57. The van der Waals surface area contributed by atoms with Gasteiger partial charge >= 0.3 is 6.03 Å². The van der Waals surface area contributed by atoms with Crippen LogP contribution in [0.1, 0.15) is 18.1 Å². The third-order valence-electron chi connectivity index (χ3n) is 4.81. The van der Waals surface area contributed by atoms with E-state index in [1.54, 1.807) is 22.9 Å². The molecule has 0 fully saturated rings. The van der Waals surface area contributed by atoms with Gasteiger partial charge in [-0.15, -0.1) is 0 Å². The summed E-state index contributed by atoms with van der Waals surface area (Å²) in [5, 5.41) is 5.50. The van der Waals surface area contributed by atoms with Crippen LogP contribution >= 0.6 is 0 Å². The monoisotopic (exact) mass is 410 g/mol. The number of ether oxygens (including phenoxy) is 2. The number of amides is 2. The van der Waals surface area contributed by atoms with E-state index in [9.17, 15) is 4.79 Å². The second kappa shape index (κ2) is 9.29. The molecule has 1 heterocycles. The largest absolute Gasteiger partial charge is 0.496 e. The molecule has 0 aliphatic heterocycles. The standard InChI is InChI=1S/C21H26N6O3/c1-4-14-8-5-6-9-15(14)17-12-20(26(2)25-17)30-13-16-18(27(23)21(28)24-22)10-7-11-19(16)29-3/h5-12H,4,13,22-23H2,1-3H3,(H,24,28). The van der Waals surface area contributed by atoms with Crippen molar-refractivity contribution < 1.29 is 14.3 Å². The predicted octanol–water partition coefficient (Wildman–Crippen LogP) is 2.50. The van der Waals surface area contributed by atoms with Crippen molar-refractivity contribution in [1.82, 2.24) is 15.2 Å². The Labute approximate surface area is 175 Å². The Morgan fingerprint density at radius 3 is 2.70 bits per heavy atom. The molecule has 0 aliphatic rings. The maximum atomic E-state index is 11.9. The SMILES string of the molecule is CCc1ccccc1-c1cc(OCc2c(OC)cccc2N(N)C(=O)NN)n(C)n1. The van der Waals surface area contributed by atoms with E-state index in [4.69, 9.17) is 21.2 Å². The molecule has 0 atom stereocenters.